The number of methoxy groups -OCH3 is 1. The lowest BCUT2D eigenvalue weighted by atomic mass is 10.4. The number of anilines is 1. The molecule has 1 aromatic rings. The molecule has 0 atom stereocenters. The van der Waals surface area contributed by atoms with Gasteiger partial charge in [0, 0.05) is 7.05 Å². The number of rotatable bonds is 2. The van der Waals surface area contributed by atoms with Gasteiger partial charge < -0.3 is 10.1 Å². The second-order valence-electron chi connectivity index (χ2n) is 1.96. The lowest BCUT2D eigenvalue weighted by Gasteiger charge is -2.03. The molecular formula is C7H9BrN2O. The molecule has 0 aliphatic rings. The average Bonchev–Trinajstić information content (AvgIpc) is 2.04. The molecule has 0 saturated heterocycles. The number of halogens is 1. The zero-order valence-electron chi connectivity index (χ0n) is 6.39. The molecule has 0 aliphatic carbocycles. The maximum absolute atomic E-state index is 4.97. The van der Waals surface area contributed by atoms with E-state index >= 15 is 0 Å². The Labute approximate surface area is 73.9 Å². The Balaban J connectivity index is 2.99. The fourth-order valence-electron chi connectivity index (χ4n) is 0.716. The predicted molar refractivity (Wildman–Crippen MR) is 48.0 cm³/mol. The number of nitrogens with one attached hydrogen (secondary N) is 1. The van der Waals surface area contributed by atoms with Gasteiger partial charge in [0.25, 0.3) is 0 Å². The summed E-state index contributed by atoms with van der Waals surface area (Å²) >= 11 is 3.34. The zero-order chi connectivity index (χ0) is 8.27. The van der Waals surface area contributed by atoms with Crippen LogP contribution in [-0.4, -0.2) is 19.1 Å². The van der Waals surface area contributed by atoms with Gasteiger partial charge in [0.05, 0.1) is 17.8 Å². The van der Waals surface area contributed by atoms with Crippen LogP contribution in [0.25, 0.3) is 0 Å². The van der Waals surface area contributed by atoms with Crippen LogP contribution in [0.3, 0.4) is 0 Å². The number of ether oxygens (including phenoxy) is 1. The fourth-order valence-corrected chi connectivity index (χ4v) is 1.24. The van der Waals surface area contributed by atoms with Gasteiger partial charge in [0.15, 0.2) is 0 Å². The van der Waals surface area contributed by atoms with Crippen molar-refractivity contribution in [1.82, 2.24) is 4.98 Å². The molecule has 1 N–H and O–H groups in total. The van der Waals surface area contributed by atoms with Crippen LogP contribution >= 0.6 is 15.9 Å². The van der Waals surface area contributed by atoms with Crippen LogP contribution < -0.4 is 10.1 Å². The summed E-state index contributed by atoms with van der Waals surface area (Å²) < 4.78 is 5.88. The van der Waals surface area contributed by atoms with Gasteiger partial charge in [-0.25, -0.2) is 4.98 Å². The highest BCUT2D eigenvalue weighted by atomic mass is 79.9. The SMILES string of the molecule is CNc1ncc(OC)cc1Br. The molecule has 3 nitrogen and oxygen atoms in total. The summed E-state index contributed by atoms with van der Waals surface area (Å²) in [4.78, 5) is 4.08. The average molecular weight is 217 g/mol. The third-order valence-corrected chi connectivity index (χ3v) is 1.89. The Morgan fingerprint density at radius 3 is 2.82 bits per heavy atom. The number of pyridine rings is 1. The van der Waals surface area contributed by atoms with E-state index in [0.29, 0.717) is 0 Å². The van der Waals surface area contributed by atoms with E-state index < -0.39 is 0 Å². The van der Waals surface area contributed by atoms with Crippen LogP contribution in [0.2, 0.25) is 0 Å². The maximum Gasteiger partial charge on any atom is 0.140 e. The monoisotopic (exact) mass is 216 g/mol. The Kier molecular flexibility index (Phi) is 2.70. The topological polar surface area (TPSA) is 34.2 Å². The maximum atomic E-state index is 4.97. The van der Waals surface area contributed by atoms with E-state index in [0.717, 1.165) is 16.0 Å². The molecule has 0 fully saturated rings. The standard InChI is InChI=1S/C7H9BrN2O/c1-9-7-6(8)3-5(11-2)4-10-7/h3-4H,1-2H3,(H,9,10). The highest BCUT2D eigenvalue weighted by Gasteiger charge is 1.99. The summed E-state index contributed by atoms with van der Waals surface area (Å²) in [5.41, 5.74) is 0. The Morgan fingerprint density at radius 2 is 2.36 bits per heavy atom. The third kappa shape index (κ3) is 1.83. The van der Waals surface area contributed by atoms with Crippen LogP contribution in [-0.2, 0) is 0 Å². The van der Waals surface area contributed by atoms with Gasteiger partial charge in [-0.15, -0.1) is 0 Å². The minimum atomic E-state index is 0.746. The van der Waals surface area contributed by atoms with Crippen molar-refractivity contribution in [3.05, 3.63) is 16.7 Å². The third-order valence-electron chi connectivity index (χ3n) is 1.29. The van der Waals surface area contributed by atoms with Crippen molar-refractivity contribution in [3.8, 4) is 5.75 Å². The van der Waals surface area contributed by atoms with Crippen molar-refractivity contribution in [2.24, 2.45) is 0 Å². The van der Waals surface area contributed by atoms with Crippen LogP contribution in [0.15, 0.2) is 16.7 Å². The van der Waals surface area contributed by atoms with Crippen molar-refractivity contribution in [2.75, 3.05) is 19.5 Å². The molecule has 0 radical (unpaired) electrons. The molecule has 1 heterocycles. The van der Waals surface area contributed by atoms with Crippen molar-refractivity contribution in [3.63, 3.8) is 0 Å². The Morgan fingerprint density at radius 1 is 1.64 bits per heavy atom. The van der Waals surface area contributed by atoms with Gasteiger partial charge in [0.2, 0.25) is 0 Å². The van der Waals surface area contributed by atoms with E-state index in [9.17, 15) is 0 Å². The van der Waals surface area contributed by atoms with Crippen LogP contribution in [0.1, 0.15) is 0 Å². The molecule has 4 heteroatoms. The van der Waals surface area contributed by atoms with Crippen LogP contribution in [0.5, 0.6) is 5.75 Å². The summed E-state index contributed by atoms with van der Waals surface area (Å²) in [6, 6.07) is 1.86. The van der Waals surface area contributed by atoms with E-state index in [1.165, 1.54) is 0 Å². The minimum absolute atomic E-state index is 0.746. The molecule has 0 unspecified atom stereocenters. The van der Waals surface area contributed by atoms with Crippen LogP contribution in [0, 0.1) is 0 Å². The first-order valence-electron chi connectivity index (χ1n) is 3.15. The smallest absolute Gasteiger partial charge is 0.140 e. The highest BCUT2D eigenvalue weighted by Crippen LogP contribution is 2.23. The van der Waals surface area contributed by atoms with Gasteiger partial charge >= 0.3 is 0 Å². The lowest BCUT2D eigenvalue weighted by molar-refractivity contribution is 0.412. The van der Waals surface area contributed by atoms with Crippen molar-refractivity contribution >= 4 is 21.7 Å². The normalized spacial score (nSPS) is 9.36. The second-order valence-corrected chi connectivity index (χ2v) is 2.81. The quantitative estimate of drug-likeness (QED) is 0.821. The fraction of sp³-hybridized carbons (Fsp3) is 0.286. The van der Waals surface area contributed by atoms with E-state index in [1.54, 1.807) is 13.3 Å². The molecule has 0 amide bonds. The number of hydrogen-bond acceptors (Lipinski definition) is 3. The van der Waals surface area contributed by atoms with E-state index in [4.69, 9.17) is 4.74 Å². The van der Waals surface area contributed by atoms with Gasteiger partial charge in [0.1, 0.15) is 11.6 Å². The van der Waals surface area contributed by atoms with Crippen molar-refractivity contribution in [2.45, 2.75) is 0 Å². The Hall–Kier alpha value is -0.770. The minimum Gasteiger partial charge on any atom is -0.495 e. The number of nitrogens with zero attached hydrogens (tertiary/aromatic N) is 1. The number of aromatic nitrogens is 1. The molecule has 1 rings (SSSR count). The first kappa shape index (κ1) is 8.33. The molecule has 0 bridgehead atoms. The molecule has 0 spiro atoms. The summed E-state index contributed by atoms with van der Waals surface area (Å²) in [7, 11) is 3.43. The summed E-state index contributed by atoms with van der Waals surface area (Å²) in [6.07, 6.45) is 1.66. The van der Waals surface area contributed by atoms with Gasteiger partial charge in [-0.05, 0) is 22.0 Å². The molecule has 11 heavy (non-hydrogen) atoms. The van der Waals surface area contributed by atoms with E-state index in [2.05, 4.69) is 26.2 Å². The molecule has 60 valence electrons. The molecule has 0 saturated carbocycles. The largest absolute Gasteiger partial charge is 0.495 e. The molecule has 0 aliphatic heterocycles. The summed E-state index contributed by atoms with van der Waals surface area (Å²) in [5, 5.41) is 2.93. The summed E-state index contributed by atoms with van der Waals surface area (Å²) in [6.45, 7) is 0. The van der Waals surface area contributed by atoms with Crippen molar-refractivity contribution < 1.29 is 4.74 Å². The first-order valence-corrected chi connectivity index (χ1v) is 3.94. The van der Waals surface area contributed by atoms with Gasteiger partial charge in [-0.1, -0.05) is 0 Å². The van der Waals surface area contributed by atoms with Crippen molar-refractivity contribution in [1.29, 1.82) is 0 Å². The zero-order valence-corrected chi connectivity index (χ0v) is 7.97. The second kappa shape index (κ2) is 3.57. The predicted octanol–water partition coefficient (Wildman–Crippen LogP) is 1.89. The lowest BCUT2D eigenvalue weighted by Crippen LogP contribution is -1.93. The summed E-state index contributed by atoms with van der Waals surface area (Å²) in [5.74, 6) is 1.56. The molecule has 0 aromatic carbocycles. The Bertz CT molecular complexity index is 252. The van der Waals surface area contributed by atoms with Gasteiger partial charge in [-0.2, -0.15) is 0 Å². The molecular weight excluding hydrogens is 208 g/mol. The molecule has 1 aromatic heterocycles. The van der Waals surface area contributed by atoms with E-state index in [-0.39, 0.29) is 0 Å². The van der Waals surface area contributed by atoms with E-state index in [1.807, 2.05) is 13.1 Å². The highest BCUT2D eigenvalue weighted by molar-refractivity contribution is 9.10. The first-order chi connectivity index (χ1) is 5.27. The van der Waals surface area contributed by atoms with Crippen LogP contribution in [0.4, 0.5) is 5.82 Å². The van der Waals surface area contributed by atoms with Gasteiger partial charge in [-0.3, -0.25) is 0 Å². The number of hydrogen-bond donors (Lipinski definition) is 1.